The van der Waals surface area contributed by atoms with E-state index in [4.69, 9.17) is 0 Å². The zero-order valence-corrected chi connectivity index (χ0v) is 10.7. The zero-order valence-electron chi connectivity index (χ0n) is 10.7. The minimum absolute atomic E-state index is 0.00890. The van der Waals surface area contributed by atoms with Gasteiger partial charge < -0.3 is 15.3 Å². The van der Waals surface area contributed by atoms with E-state index in [0.29, 0.717) is 6.04 Å². The largest absolute Gasteiger partial charge is 0.394 e. The number of likely N-dealkylation sites (tertiary alicyclic amines) is 1. The normalized spacial score (nSPS) is 40.7. The number of aliphatic hydroxyl groups is 1. The summed E-state index contributed by atoms with van der Waals surface area (Å²) in [6, 6.07) is 0.705. The molecule has 0 aromatic rings. The molecule has 0 bridgehead atoms. The van der Waals surface area contributed by atoms with Crippen LogP contribution in [0.15, 0.2) is 0 Å². The maximum atomic E-state index is 9.49. The molecule has 1 saturated carbocycles. The third-order valence-electron chi connectivity index (χ3n) is 4.83. The molecule has 3 atom stereocenters. The topological polar surface area (TPSA) is 35.5 Å². The first-order valence-corrected chi connectivity index (χ1v) is 6.77. The Morgan fingerprint density at radius 2 is 2.25 bits per heavy atom. The van der Waals surface area contributed by atoms with E-state index in [-0.39, 0.29) is 12.1 Å². The molecule has 0 amide bonds. The number of aliphatic hydroxyl groups excluding tert-OH is 1. The van der Waals surface area contributed by atoms with E-state index in [2.05, 4.69) is 17.1 Å². The van der Waals surface area contributed by atoms with Gasteiger partial charge in [-0.25, -0.2) is 0 Å². The van der Waals surface area contributed by atoms with E-state index in [1.165, 1.54) is 32.4 Å². The summed E-state index contributed by atoms with van der Waals surface area (Å²) in [5.41, 5.74) is 0.00890. The highest BCUT2D eigenvalue weighted by Crippen LogP contribution is 2.35. The molecule has 2 rings (SSSR count). The van der Waals surface area contributed by atoms with Crippen molar-refractivity contribution < 1.29 is 5.11 Å². The van der Waals surface area contributed by atoms with Gasteiger partial charge in [0.05, 0.1) is 6.61 Å². The van der Waals surface area contributed by atoms with Gasteiger partial charge in [-0.05, 0) is 45.2 Å². The lowest BCUT2D eigenvalue weighted by Crippen LogP contribution is -2.45. The summed E-state index contributed by atoms with van der Waals surface area (Å²) in [6.07, 6.45) is 6.19. The van der Waals surface area contributed by atoms with Crippen molar-refractivity contribution in [3.63, 3.8) is 0 Å². The van der Waals surface area contributed by atoms with Crippen molar-refractivity contribution >= 4 is 0 Å². The maximum absolute atomic E-state index is 9.49. The van der Waals surface area contributed by atoms with Crippen LogP contribution in [0.2, 0.25) is 0 Å². The summed E-state index contributed by atoms with van der Waals surface area (Å²) in [4.78, 5) is 2.66. The number of rotatable bonds is 4. The molecule has 3 heteroatoms. The molecule has 94 valence electrons. The van der Waals surface area contributed by atoms with Gasteiger partial charge in [-0.3, -0.25) is 0 Å². The standard InChI is InChI=1S/C13H26N2O/c1-3-11-5-7-15(9-11)12-4-6-13(8-12,10-16)14-2/h11-12,14,16H,3-10H2,1-2H3. The highest BCUT2D eigenvalue weighted by Gasteiger charge is 2.41. The fourth-order valence-electron chi connectivity index (χ4n) is 3.39. The van der Waals surface area contributed by atoms with Crippen LogP contribution in [0.1, 0.15) is 39.0 Å². The fraction of sp³-hybridized carbons (Fsp3) is 1.00. The monoisotopic (exact) mass is 226 g/mol. The first-order chi connectivity index (χ1) is 7.73. The Labute approximate surface area is 99.2 Å². The molecule has 1 aliphatic heterocycles. The van der Waals surface area contributed by atoms with Crippen molar-refractivity contribution in [1.29, 1.82) is 0 Å². The third-order valence-corrected chi connectivity index (χ3v) is 4.83. The average Bonchev–Trinajstić information content (AvgIpc) is 2.96. The summed E-state index contributed by atoms with van der Waals surface area (Å²) in [5.74, 6) is 0.915. The van der Waals surface area contributed by atoms with Gasteiger partial charge in [0.2, 0.25) is 0 Å². The van der Waals surface area contributed by atoms with E-state index >= 15 is 0 Å². The van der Waals surface area contributed by atoms with Crippen LogP contribution in [0.5, 0.6) is 0 Å². The average molecular weight is 226 g/mol. The van der Waals surface area contributed by atoms with E-state index in [1.54, 1.807) is 0 Å². The van der Waals surface area contributed by atoms with E-state index in [9.17, 15) is 5.11 Å². The van der Waals surface area contributed by atoms with Crippen LogP contribution in [0.4, 0.5) is 0 Å². The minimum atomic E-state index is 0.00890. The molecule has 0 aromatic heterocycles. The van der Waals surface area contributed by atoms with Crippen LogP contribution in [-0.2, 0) is 0 Å². The molecule has 2 aliphatic rings. The summed E-state index contributed by atoms with van der Waals surface area (Å²) in [6.45, 7) is 5.14. The molecule has 0 spiro atoms. The summed E-state index contributed by atoms with van der Waals surface area (Å²) >= 11 is 0. The number of nitrogens with one attached hydrogen (secondary N) is 1. The van der Waals surface area contributed by atoms with E-state index < -0.39 is 0 Å². The van der Waals surface area contributed by atoms with Crippen LogP contribution < -0.4 is 5.32 Å². The predicted molar refractivity (Wildman–Crippen MR) is 66.5 cm³/mol. The molecule has 2 N–H and O–H groups in total. The van der Waals surface area contributed by atoms with Gasteiger partial charge in [0.15, 0.2) is 0 Å². The smallest absolute Gasteiger partial charge is 0.0613 e. The molecule has 1 saturated heterocycles. The quantitative estimate of drug-likeness (QED) is 0.756. The number of hydrogen-bond acceptors (Lipinski definition) is 3. The van der Waals surface area contributed by atoms with Crippen molar-refractivity contribution in [2.24, 2.45) is 5.92 Å². The van der Waals surface area contributed by atoms with Gasteiger partial charge in [-0.15, -0.1) is 0 Å². The molecule has 3 unspecified atom stereocenters. The first kappa shape index (κ1) is 12.3. The van der Waals surface area contributed by atoms with Crippen molar-refractivity contribution in [2.45, 2.75) is 50.6 Å². The molecular weight excluding hydrogens is 200 g/mol. The van der Waals surface area contributed by atoms with E-state index in [1.807, 2.05) is 7.05 Å². The van der Waals surface area contributed by atoms with Crippen molar-refractivity contribution in [2.75, 3.05) is 26.7 Å². The van der Waals surface area contributed by atoms with Crippen LogP contribution in [-0.4, -0.2) is 48.3 Å². The highest BCUT2D eigenvalue weighted by molar-refractivity contribution is 4.99. The molecule has 0 aromatic carbocycles. The van der Waals surface area contributed by atoms with Gasteiger partial charge in [0, 0.05) is 18.1 Å². The number of hydrogen-bond donors (Lipinski definition) is 2. The SMILES string of the molecule is CCC1CCN(C2CCC(CO)(NC)C2)C1. The molecule has 2 fully saturated rings. The Morgan fingerprint density at radius 1 is 1.44 bits per heavy atom. The second-order valence-electron chi connectivity index (χ2n) is 5.64. The lowest BCUT2D eigenvalue weighted by Gasteiger charge is -2.29. The zero-order chi connectivity index (χ0) is 11.6. The maximum Gasteiger partial charge on any atom is 0.0613 e. The minimum Gasteiger partial charge on any atom is -0.394 e. The molecular formula is C13H26N2O. The molecule has 1 heterocycles. The second kappa shape index (κ2) is 5.03. The Hall–Kier alpha value is -0.120. The molecule has 16 heavy (non-hydrogen) atoms. The Bertz CT molecular complexity index is 228. The van der Waals surface area contributed by atoms with Gasteiger partial charge in [0.25, 0.3) is 0 Å². The lowest BCUT2D eigenvalue weighted by atomic mass is 9.99. The van der Waals surface area contributed by atoms with Crippen LogP contribution in [0.25, 0.3) is 0 Å². The number of likely N-dealkylation sites (N-methyl/N-ethyl adjacent to an activating group) is 1. The Morgan fingerprint density at radius 3 is 2.75 bits per heavy atom. The summed E-state index contributed by atoms with van der Waals surface area (Å²) < 4.78 is 0. The second-order valence-corrected chi connectivity index (χ2v) is 5.64. The highest BCUT2D eigenvalue weighted by atomic mass is 16.3. The van der Waals surface area contributed by atoms with Gasteiger partial charge >= 0.3 is 0 Å². The van der Waals surface area contributed by atoms with E-state index in [0.717, 1.165) is 18.8 Å². The van der Waals surface area contributed by atoms with Crippen LogP contribution >= 0.6 is 0 Å². The van der Waals surface area contributed by atoms with Crippen molar-refractivity contribution in [3.8, 4) is 0 Å². The fourth-order valence-corrected chi connectivity index (χ4v) is 3.39. The third kappa shape index (κ3) is 2.27. The Kier molecular flexibility index (Phi) is 3.88. The van der Waals surface area contributed by atoms with Gasteiger partial charge in [-0.1, -0.05) is 13.3 Å². The number of nitrogens with zero attached hydrogens (tertiary/aromatic N) is 1. The molecule has 3 nitrogen and oxygen atoms in total. The molecule has 1 aliphatic carbocycles. The van der Waals surface area contributed by atoms with Crippen LogP contribution in [0.3, 0.4) is 0 Å². The first-order valence-electron chi connectivity index (χ1n) is 6.77. The van der Waals surface area contributed by atoms with Crippen molar-refractivity contribution in [1.82, 2.24) is 10.2 Å². The Balaban J connectivity index is 1.89. The summed E-state index contributed by atoms with van der Waals surface area (Å²) in [7, 11) is 1.98. The molecule has 0 radical (unpaired) electrons. The predicted octanol–water partition coefficient (Wildman–Crippen LogP) is 1.22. The van der Waals surface area contributed by atoms with Crippen molar-refractivity contribution in [3.05, 3.63) is 0 Å². The summed E-state index contributed by atoms with van der Waals surface area (Å²) in [5, 5.41) is 12.8. The van der Waals surface area contributed by atoms with Crippen LogP contribution in [0, 0.1) is 5.92 Å². The lowest BCUT2D eigenvalue weighted by molar-refractivity contribution is 0.156. The van der Waals surface area contributed by atoms with Gasteiger partial charge in [-0.2, -0.15) is 0 Å². The van der Waals surface area contributed by atoms with Gasteiger partial charge in [0.1, 0.15) is 0 Å².